The molecule has 3 nitrogen and oxygen atoms in total. The number of hydrogen-bond donors (Lipinski definition) is 1. The van der Waals surface area contributed by atoms with Crippen LogP contribution in [0.2, 0.25) is 0 Å². The average Bonchev–Trinajstić information content (AvgIpc) is 2.55. The summed E-state index contributed by atoms with van der Waals surface area (Å²) in [6, 6.07) is 19.9. The number of benzene rings is 2. The normalized spacial score (nSPS) is 11.9. The molecule has 0 aliphatic rings. The number of rotatable bonds is 6. The number of nitrogens with zero attached hydrogens (tertiary/aromatic N) is 1. The van der Waals surface area contributed by atoms with Crippen LogP contribution in [0.5, 0.6) is 0 Å². The summed E-state index contributed by atoms with van der Waals surface area (Å²) in [5.41, 5.74) is 8.02. The lowest BCUT2D eigenvalue weighted by atomic mass is 9.97. The molecule has 1 unspecified atom stereocenters. The lowest BCUT2D eigenvalue weighted by molar-refractivity contribution is -0.131. The van der Waals surface area contributed by atoms with E-state index >= 15 is 0 Å². The first kappa shape index (κ1) is 15.3. The number of likely N-dealkylation sites (N-methyl/N-ethyl adjacent to an activating group) is 1. The van der Waals surface area contributed by atoms with E-state index in [1.54, 1.807) is 4.90 Å². The van der Waals surface area contributed by atoms with Crippen LogP contribution in [-0.4, -0.2) is 30.9 Å². The van der Waals surface area contributed by atoms with Gasteiger partial charge in [0.05, 0.1) is 5.92 Å². The molecule has 0 saturated heterocycles. The standard InChI is InChI=1S/C18H22N2O/c1-20(13-12-15-8-4-2-5-9-15)18(21)17(14-19)16-10-6-3-7-11-16/h2-11,17H,12-14,19H2,1H3. The van der Waals surface area contributed by atoms with Crippen LogP contribution in [0.15, 0.2) is 60.7 Å². The fourth-order valence-corrected chi connectivity index (χ4v) is 2.38. The topological polar surface area (TPSA) is 46.3 Å². The van der Waals surface area contributed by atoms with Gasteiger partial charge in [0.1, 0.15) is 0 Å². The fraction of sp³-hybridized carbons (Fsp3) is 0.278. The molecule has 110 valence electrons. The molecule has 3 heteroatoms. The molecule has 0 spiro atoms. The SMILES string of the molecule is CN(CCc1ccccc1)C(=O)C(CN)c1ccccc1. The molecule has 0 aliphatic heterocycles. The van der Waals surface area contributed by atoms with Gasteiger partial charge in [-0.05, 0) is 17.5 Å². The lowest BCUT2D eigenvalue weighted by Crippen LogP contribution is -2.36. The van der Waals surface area contributed by atoms with Crippen molar-refractivity contribution in [2.45, 2.75) is 12.3 Å². The molecule has 2 N–H and O–H groups in total. The van der Waals surface area contributed by atoms with E-state index in [-0.39, 0.29) is 11.8 Å². The number of amides is 1. The van der Waals surface area contributed by atoms with Gasteiger partial charge in [0, 0.05) is 20.1 Å². The highest BCUT2D eigenvalue weighted by atomic mass is 16.2. The van der Waals surface area contributed by atoms with E-state index in [1.165, 1.54) is 5.56 Å². The Morgan fingerprint density at radius 3 is 2.19 bits per heavy atom. The van der Waals surface area contributed by atoms with Crippen molar-refractivity contribution in [2.24, 2.45) is 5.73 Å². The summed E-state index contributed by atoms with van der Waals surface area (Å²) in [4.78, 5) is 14.3. The summed E-state index contributed by atoms with van der Waals surface area (Å²) in [6.45, 7) is 1.03. The minimum atomic E-state index is -0.257. The Kier molecular flexibility index (Phi) is 5.52. The average molecular weight is 282 g/mol. The molecule has 0 radical (unpaired) electrons. The van der Waals surface area contributed by atoms with Crippen LogP contribution in [0, 0.1) is 0 Å². The van der Waals surface area contributed by atoms with Crippen molar-refractivity contribution in [3.63, 3.8) is 0 Å². The van der Waals surface area contributed by atoms with Gasteiger partial charge in [0.2, 0.25) is 5.91 Å². The van der Waals surface area contributed by atoms with Gasteiger partial charge in [-0.1, -0.05) is 60.7 Å². The molecule has 0 bridgehead atoms. The van der Waals surface area contributed by atoms with Crippen molar-refractivity contribution in [1.82, 2.24) is 4.90 Å². The fourth-order valence-electron chi connectivity index (χ4n) is 2.38. The zero-order valence-electron chi connectivity index (χ0n) is 12.4. The van der Waals surface area contributed by atoms with Gasteiger partial charge < -0.3 is 10.6 Å². The Morgan fingerprint density at radius 1 is 1.05 bits per heavy atom. The van der Waals surface area contributed by atoms with E-state index in [0.29, 0.717) is 13.1 Å². The van der Waals surface area contributed by atoms with Crippen LogP contribution < -0.4 is 5.73 Å². The van der Waals surface area contributed by atoms with Gasteiger partial charge >= 0.3 is 0 Å². The first-order valence-corrected chi connectivity index (χ1v) is 7.26. The largest absolute Gasteiger partial charge is 0.345 e. The summed E-state index contributed by atoms with van der Waals surface area (Å²) in [7, 11) is 1.84. The number of carbonyl (C=O) groups is 1. The summed E-state index contributed by atoms with van der Waals surface area (Å²) < 4.78 is 0. The van der Waals surface area contributed by atoms with Crippen LogP contribution in [-0.2, 0) is 11.2 Å². The number of nitrogens with two attached hydrogens (primary N) is 1. The molecule has 0 aliphatic carbocycles. The first-order valence-electron chi connectivity index (χ1n) is 7.26. The summed E-state index contributed by atoms with van der Waals surface area (Å²) >= 11 is 0. The van der Waals surface area contributed by atoms with Gasteiger partial charge in [-0.2, -0.15) is 0 Å². The van der Waals surface area contributed by atoms with Gasteiger partial charge in [0.25, 0.3) is 0 Å². The van der Waals surface area contributed by atoms with Crippen LogP contribution in [0.4, 0.5) is 0 Å². The monoisotopic (exact) mass is 282 g/mol. The molecule has 0 fully saturated rings. The van der Waals surface area contributed by atoms with E-state index in [9.17, 15) is 4.79 Å². The maximum absolute atomic E-state index is 12.5. The van der Waals surface area contributed by atoms with E-state index in [2.05, 4.69) is 12.1 Å². The van der Waals surface area contributed by atoms with E-state index in [0.717, 1.165) is 12.0 Å². The summed E-state index contributed by atoms with van der Waals surface area (Å²) in [5.74, 6) is -0.174. The van der Waals surface area contributed by atoms with Gasteiger partial charge in [0.15, 0.2) is 0 Å². The predicted octanol–water partition coefficient (Wildman–Crippen LogP) is 2.43. The van der Waals surface area contributed by atoms with E-state index in [4.69, 9.17) is 5.73 Å². The van der Waals surface area contributed by atoms with Crippen LogP contribution in [0.1, 0.15) is 17.0 Å². The van der Waals surface area contributed by atoms with Crippen molar-refractivity contribution in [2.75, 3.05) is 20.1 Å². The van der Waals surface area contributed by atoms with Crippen molar-refractivity contribution in [3.05, 3.63) is 71.8 Å². The molecule has 2 aromatic carbocycles. The highest BCUT2D eigenvalue weighted by Crippen LogP contribution is 2.17. The molecular weight excluding hydrogens is 260 g/mol. The van der Waals surface area contributed by atoms with Crippen LogP contribution >= 0.6 is 0 Å². The molecule has 0 saturated carbocycles. The molecule has 1 amide bonds. The minimum Gasteiger partial charge on any atom is -0.345 e. The predicted molar refractivity (Wildman–Crippen MR) is 86.0 cm³/mol. The van der Waals surface area contributed by atoms with Gasteiger partial charge in [-0.25, -0.2) is 0 Å². The Hall–Kier alpha value is -2.13. The molecule has 2 aromatic rings. The maximum Gasteiger partial charge on any atom is 0.231 e. The first-order chi connectivity index (χ1) is 10.2. The lowest BCUT2D eigenvalue weighted by Gasteiger charge is -2.23. The molecular formula is C18H22N2O. The van der Waals surface area contributed by atoms with E-state index < -0.39 is 0 Å². The van der Waals surface area contributed by atoms with Gasteiger partial charge in [-0.3, -0.25) is 4.79 Å². The van der Waals surface area contributed by atoms with Gasteiger partial charge in [-0.15, -0.1) is 0 Å². The second-order valence-corrected chi connectivity index (χ2v) is 5.19. The van der Waals surface area contributed by atoms with Crippen molar-refractivity contribution >= 4 is 5.91 Å². The molecule has 0 aromatic heterocycles. The van der Waals surface area contributed by atoms with Crippen LogP contribution in [0.25, 0.3) is 0 Å². The molecule has 0 heterocycles. The quantitative estimate of drug-likeness (QED) is 0.884. The van der Waals surface area contributed by atoms with Crippen molar-refractivity contribution < 1.29 is 4.79 Å². The summed E-state index contributed by atoms with van der Waals surface area (Å²) in [5, 5.41) is 0. The number of hydrogen-bond acceptors (Lipinski definition) is 2. The highest BCUT2D eigenvalue weighted by Gasteiger charge is 2.22. The number of carbonyl (C=O) groups excluding carboxylic acids is 1. The molecule has 1 atom stereocenters. The second-order valence-electron chi connectivity index (χ2n) is 5.19. The minimum absolute atomic E-state index is 0.0830. The second kappa shape index (κ2) is 7.60. The molecule has 21 heavy (non-hydrogen) atoms. The Bertz CT molecular complexity index is 554. The third kappa shape index (κ3) is 4.17. The third-order valence-corrected chi connectivity index (χ3v) is 3.69. The van der Waals surface area contributed by atoms with E-state index in [1.807, 2.05) is 55.6 Å². The Balaban J connectivity index is 1.97. The van der Waals surface area contributed by atoms with Crippen LogP contribution in [0.3, 0.4) is 0 Å². The van der Waals surface area contributed by atoms with Crippen molar-refractivity contribution in [1.29, 1.82) is 0 Å². The zero-order chi connectivity index (χ0) is 15.1. The zero-order valence-corrected chi connectivity index (χ0v) is 12.4. The Labute approximate surface area is 126 Å². The Morgan fingerprint density at radius 2 is 1.62 bits per heavy atom. The third-order valence-electron chi connectivity index (χ3n) is 3.69. The highest BCUT2D eigenvalue weighted by molar-refractivity contribution is 5.83. The smallest absolute Gasteiger partial charge is 0.231 e. The maximum atomic E-state index is 12.5. The molecule has 2 rings (SSSR count). The summed E-state index contributed by atoms with van der Waals surface area (Å²) in [6.07, 6.45) is 0.856. The van der Waals surface area contributed by atoms with Crippen molar-refractivity contribution in [3.8, 4) is 0 Å².